The quantitative estimate of drug-likeness (QED) is 0.616. The molecular weight excluding hydrogens is 156 g/mol. The Labute approximate surface area is 73.6 Å². The summed E-state index contributed by atoms with van der Waals surface area (Å²) in [4.78, 5) is 16.1. The largest absolute Gasteiger partial charge is 0.319 e. The molecule has 0 unspecified atom stereocenters. The third kappa shape index (κ3) is 2.79. The van der Waals surface area contributed by atoms with Gasteiger partial charge in [-0.05, 0) is 5.41 Å². The van der Waals surface area contributed by atoms with Crippen molar-refractivity contribution < 1.29 is 9.63 Å². The third-order valence-electron chi connectivity index (χ3n) is 1.78. The van der Waals surface area contributed by atoms with Crippen molar-refractivity contribution in [2.24, 2.45) is 11.1 Å². The molecule has 0 aliphatic carbocycles. The maximum absolute atomic E-state index is 11.4. The highest BCUT2D eigenvalue weighted by Crippen LogP contribution is 2.18. The van der Waals surface area contributed by atoms with E-state index in [1.54, 1.807) is 7.05 Å². The second kappa shape index (κ2) is 3.87. The van der Waals surface area contributed by atoms with Crippen LogP contribution in [-0.4, -0.2) is 31.2 Å². The molecule has 0 saturated heterocycles. The standard InChI is InChI=1S/C8H18N2O2/c1-8(2,3)6(9)7(11)10(4)12-5/h6H,9H2,1-5H3/t6-/m0/s1. The van der Waals surface area contributed by atoms with Gasteiger partial charge in [0.15, 0.2) is 0 Å². The maximum Gasteiger partial charge on any atom is 0.263 e. The third-order valence-corrected chi connectivity index (χ3v) is 1.78. The zero-order valence-corrected chi connectivity index (χ0v) is 8.42. The first kappa shape index (κ1) is 11.4. The summed E-state index contributed by atoms with van der Waals surface area (Å²) in [6.07, 6.45) is 0. The van der Waals surface area contributed by atoms with Crippen LogP contribution in [-0.2, 0) is 9.63 Å². The summed E-state index contributed by atoms with van der Waals surface area (Å²) in [5.41, 5.74) is 5.47. The Kier molecular flexibility index (Phi) is 3.67. The highest BCUT2D eigenvalue weighted by atomic mass is 16.7. The highest BCUT2D eigenvalue weighted by molar-refractivity contribution is 5.81. The van der Waals surface area contributed by atoms with Gasteiger partial charge >= 0.3 is 0 Å². The SMILES string of the molecule is CON(C)C(=O)[C@H](N)C(C)(C)C. The number of hydrogen-bond donors (Lipinski definition) is 1. The van der Waals surface area contributed by atoms with Crippen LogP contribution in [0, 0.1) is 5.41 Å². The van der Waals surface area contributed by atoms with E-state index < -0.39 is 6.04 Å². The van der Waals surface area contributed by atoms with Crippen LogP contribution in [0.4, 0.5) is 0 Å². The fraction of sp³-hybridized carbons (Fsp3) is 0.875. The fourth-order valence-corrected chi connectivity index (χ4v) is 0.656. The first-order valence-corrected chi connectivity index (χ1v) is 3.88. The Hall–Kier alpha value is -0.610. The van der Waals surface area contributed by atoms with Crippen molar-refractivity contribution in [2.45, 2.75) is 26.8 Å². The number of likely N-dealkylation sites (N-methyl/N-ethyl adjacent to an activating group) is 1. The minimum Gasteiger partial charge on any atom is -0.319 e. The van der Waals surface area contributed by atoms with Gasteiger partial charge in [-0.1, -0.05) is 20.8 Å². The van der Waals surface area contributed by atoms with Crippen molar-refractivity contribution in [1.82, 2.24) is 5.06 Å². The number of hydrogen-bond acceptors (Lipinski definition) is 3. The Morgan fingerprint density at radius 3 is 2.17 bits per heavy atom. The summed E-state index contributed by atoms with van der Waals surface area (Å²) >= 11 is 0. The van der Waals surface area contributed by atoms with Crippen LogP contribution < -0.4 is 5.73 Å². The van der Waals surface area contributed by atoms with Crippen molar-refractivity contribution in [2.75, 3.05) is 14.2 Å². The second-order valence-electron chi connectivity index (χ2n) is 3.86. The van der Waals surface area contributed by atoms with E-state index in [1.807, 2.05) is 20.8 Å². The van der Waals surface area contributed by atoms with Crippen LogP contribution in [0.5, 0.6) is 0 Å². The number of nitrogens with two attached hydrogens (primary N) is 1. The number of nitrogens with zero attached hydrogens (tertiary/aromatic N) is 1. The molecule has 0 aliphatic heterocycles. The summed E-state index contributed by atoms with van der Waals surface area (Å²) < 4.78 is 0. The zero-order valence-electron chi connectivity index (χ0n) is 8.42. The lowest BCUT2D eigenvalue weighted by Crippen LogP contribution is -2.48. The minimum absolute atomic E-state index is 0.204. The van der Waals surface area contributed by atoms with Gasteiger partial charge < -0.3 is 5.73 Å². The summed E-state index contributed by atoms with van der Waals surface area (Å²) in [6, 6.07) is -0.526. The van der Waals surface area contributed by atoms with E-state index in [-0.39, 0.29) is 11.3 Å². The van der Waals surface area contributed by atoms with Crippen LogP contribution in [0.15, 0.2) is 0 Å². The van der Waals surface area contributed by atoms with Crippen LogP contribution in [0.25, 0.3) is 0 Å². The van der Waals surface area contributed by atoms with E-state index in [1.165, 1.54) is 7.11 Å². The number of amides is 1. The normalized spacial score (nSPS) is 14.2. The molecule has 0 heterocycles. The molecular formula is C8H18N2O2. The predicted octanol–water partition coefficient (Wildman–Crippen LogP) is 0.380. The van der Waals surface area contributed by atoms with Gasteiger partial charge in [-0.3, -0.25) is 9.63 Å². The smallest absolute Gasteiger partial charge is 0.263 e. The Balaban J connectivity index is 4.30. The minimum atomic E-state index is -0.526. The molecule has 0 rings (SSSR count). The van der Waals surface area contributed by atoms with Crippen LogP contribution in [0.1, 0.15) is 20.8 Å². The molecule has 0 aromatic heterocycles. The lowest BCUT2D eigenvalue weighted by molar-refractivity contribution is -0.172. The maximum atomic E-state index is 11.4. The molecule has 0 saturated carbocycles. The van der Waals surface area contributed by atoms with Crippen molar-refractivity contribution in [1.29, 1.82) is 0 Å². The highest BCUT2D eigenvalue weighted by Gasteiger charge is 2.29. The predicted molar refractivity (Wildman–Crippen MR) is 47.2 cm³/mol. The first-order valence-electron chi connectivity index (χ1n) is 3.88. The molecule has 0 aliphatic rings. The molecule has 72 valence electrons. The van der Waals surface area contributed by atoms with Crippen LogP contribution in [0.2, 0.25) is 0 Å². The van der Waals surface area contributed by atoms with Gasteiger partial charge in [0, 0.05) is 7.05 Å². The van der Waals surface area contributed by atoms with Gasteiger partial charge in [0.25, 0.3) is 5.91 Å². The van der Waals surface area contributed by atoms with Gasteiger partial charge in [0.1, 0.15) is 0 Å². The lowest BCUT2D eigenvalue weighted by atomic mass is 9.87. The summed E-state index contributed by atoms with van der Waals surface area (Å²) in [6.45, 7) is 5.75. The number of carbonyl (C=O) groups is 1. The fourth-order valence-electron chi connectivity index (χ4n) is 0.656. The molecule has 0 bridgehead atoms. The Bertz CT molecular complexity index is 163. The summed E-state index contributed by atoms with van der Waals surface area (Å²) in [5, 5.41) is 1.15. The Morgan fingerprint density at radius 2 is 1.92 bits per heavy atom. The number of carbonyl (C=O) groups excluding carboxylic acids is 1. The van der Waals surface area contributed by atoms with E-state index in [0.717, 1.165) is 5.06 Å². The van der Waals surface area contributed by atoms with E-state index in [0.29, 0.717) is 0 Å². The lowest BCUT2D eigenvalue weighted by Gasteiger charge is -2.28. The van der Waals surface area contributed by atoms with Gasteiger partial charge in [0.2, 0.25) is 0 Å². The molecule has 2 N–H and O–H groups in total. The average Bonchev–Trinajstić information content (AvgIpc) is 1.98. The van der Waals surface area contributed by atoms with Gasteiger partial charge in [0.05, 0.1) is 13.2 Å². The second-order valence-corrected chi connectivity index (χ2v) is 3.86. The van der Waals surface area contributed by atoms with Gasteiger partial charge in [-0.25, -0.2) is 5.06 Å². The molecule has 0 fully saturated rings. The van der Waals surface area contributed by atoms with E-state index in [4.69, 9.17) is 10.6 Å². The number of hydroxylamine groups is 2. The van der Waals surface area contributed by atoms with E-state index >= 15 is 0 Å². The van der Waals surface area contributed by atoms with E-state index in [9.17, 15) is 4.79 Å². The molecule has 1 atom stereocenters. The summed E-state index contributed by atoms with van der Waals surface area (Å²) in [7, 11) is 2.99. The molecule has 0 radical (unpaired) electrons. The molecule has 4 nitrogen and oxygen atoms in total. The van der Waals surface area contributed by atoms with Crippen LogP contribution >= 0.6 is 0 Å². The van der Waals surface area contributed by atoms with Crippen molar-refractivity contribution in [3.05, 3.63) is 0 Å². The van der Waals surface area contributed by atoms with Gasteiger partial charge in [-0.15, -0.1) is 0 Å². The molecule has 1 amide bonds. The van der Waals surface area contributed by atoms with Crippen molar-refractivity contribution >= 4 is 5.91 Å². The molecule has 0 aromatic carbocycles. The first-order chi connectivity index (χ1) is 5.30. The number of rotatable bonds is 2. The average molecular weight is 174 g/mol. The van der Waals surface area contributed by atoms with Crippen LogP contribution in [0.3, 0.4) is 0 Å². The summed E-state index contributed by atoms with van der Waals surface area (Å²) in [5.74, 6) is -0.204. The van der Waals surface area contributed by atoms with Crippen molar-refractivity contribution in [3.8, 4) is 0 Å². The molecule has 12 heavy (non-hydrogen) atoms. The molecule has 4 heteroatoms. The van der Waals surface area contributed by atoms with E-state index in [2.05, 4.69) is 0 Å². The molecule has 0 aromatic rings. The molecule has 0 spiro atoms. The van der Waals surface area contributed by atoms with Gasteiger partial charge in [-0.2, -0.15) is 0 Å². The zero-order chi connectivity index (χ0) is 9.94. The monoisotopic (exact) mass is 174 g/mol. The van der Waals surface area contributed by atoms with Crippen molar-refractivity contribution in [3.63, 3.8) is 0 Å². The Morgan fingerprint density at radius 1 is 1.50 bits per heavy atom. The topological polar surface area (TPSA) is 55.6 Å².